The van der Waals surface area contributed by atoms with E-state index in [1.54, 1.807) is 12.1 Å². The van der Waals surface area contributed by atoms with Crippen LogP contribution in [0.15, 0.2) is 47.4 Å². The van der Waals surface area contributed by atoms with Crippen LogP contribution in [0, 0.1) is 5.92 Å². The van der Waals surface area contributed by atoms with Gasteiger partial charge < -0.3 is 4.74 Å². The molecule has 0 aromatic heterocycles. The van der Waals surface area contributed by atoms with Gasteiger partial charge in [-0.25, -0.2) is 13.1 Å². The van der Waals surface area contributed by atoms with Crippen molar-refractivity contribution < 1.29 is 13.2 Å². The fraction of sp³-hybridized carbons (Fsp3) is 0.375. The minimum Gasteiger partial charge on any atom is -0.381 e. The zero-order valence-electron chi connectivity index (χ0n) is 11.8. The van der Waals surface area contributed by atoms with Crippen molar-refractivity contribution in [3.63, 3.8) is 0 Å². The molecule has 21 heavy (non-hydrogen) atoms. The number of nitrogens with one attached hydrogen (secondary N) is 1. The fourth-order valence-corrected chi connectivity index (χ4v) is 3.99. The molecule has 1 fully saturated rings. The standard InChI is InChI=1S/C16H19NO3S/c18-21(19,17-10-8-13-9-11-20-12-13)16-7-3-5-14-4-1-2-6-15(14)16/h1-7,13,17H,8-12H2. The Kier molecular flexibility index (Phi) is 4.24. The summed E-state index contributed by atoms with van der Waals surface area (Å²) < 4.78 is 33.0. The molecule has 112 valence electrons. The largest absolute Gasteiger partial charge is 0.381 e. The van der Waals surface area contributed by atoms with Crippen molar-refractivity contribution in [2.24, 2.45) is 5.92 Å². The highest BCUT2D eigenvalue weighted by atomic mass is 32.2. The van der Waals surface area contributed by atoms with Gasteiger partial charge in [0.2, 0.25) is 10.0 Å². The van der Waals surface area contributed by atoms with Gasteiger partial charge in [-0.3, -0.25) is 0 Å². The Balaban J connectivity index is 1.76. The number of hydrogen-bond acceptors (Lipinski definition) is 3. The van der Waals surface area contributed by atoms with E-state index in [-0.39, 0.29) is 0 Å². The van der Waals surface area contributed by atoms with Crippen molar-refractivity contribution in [2.45, 2.75) is 17.7 Å². The smallest absolute Gasteiger partial charge is 0.241 e. The first-order valence-corrected chi connectivity index (χ1v) is 8.70. The Morgan fingerprint density at radius 2 is 1.95 bits per heavy atom. The first-order chi connectivity index (χ1) is 10.2. The molecule has 0 bridgehead atoms. The number of rotatable bonds is 5. The predicted octanol–water partition coefficient (Wildman–Crippen LogP) is 2.54. The average molecular weight is 305 g/mol. The van der Waals surface area contributed by atoms with E-state index >= 15 is 0 Å². The summed E-state index contributed by atoms with van der Waals surface area (Å²) in [5.74, 6) is 0.472. The highest BCUT2D eigenvalue weighted by Gasteiger charge is 2.19. The highest BCUT2D eigenvalue weighted by molar-refractivity contribution is 7.89. The molecule has 1 atom stereocenters. The molecule has 0 radical (unpaired) electrons. The van der Waals surface area contributed by atoms with Crippen molar-refractivity contribution in [3.8, 4) is 0 Å². The number of ether oxygens (including phenoxy) is 1. The molecule has 2 aromatic carbocycles. The topological polar surface area (TPSA) is 55.4 Å². The van der Waals surface area contributed by atoms with Crippen LogP contribution in [0.25, 0.3) is 10.8 Å². The lowest BCUT2D eigenvalue weighted by Gasteiger charge is -2.11. The van der Waals surface area contributed by atoms with E-state index < -0.39 is 10.0 Å². The Labute approximate surface area is 125 Å². The lowest BCUT2D eigenvalue weighted by Crippen LogP contribution is -2.26. The second-order valence-electron chi connectivity index (χ2n) is 5.39. The van der Waals surface area contributed by atoms with E-state index in [0.717, 1.165) is 36.8 Å². The summed E-state index contributed by atoms with van der Waals surface area (Å²) in [5.41, 5.74) is 0. The second-order valence-corrected chi connectivity index (χ2v) is 7.13. The molecule has 1 aliphatic heterocycles. The maximum atomic E-state index is 12.5. The third-order valence-electron chi connectivity index (χ3n) is 3.91. The van der Waals surface area contributed by atoms with Crippen LogP contribution in [-0.2, 0) is 14.8 Å². The van der Waals surface area contributed by atoms with Crippen LogP contribution in [0.4, 0.5) is 0 Å². The molecule has 2 aromatic rings. The van der Waals surface area contributed by atoms with Crippen LogP contribution in [-0.4, -0.2) is 28.2 Å². The summed E-state index contributed by atoms with van der Waals surface area (Å²) in [5, 5.41) is 1.70. The van der Waals surface area contributed by atoms with Gasteiger partial charge in [0.1, 0.15) is 0 Å². The van der Waals surface area contributed by atoms with Crippen LogP contribution in [0.1, 0.15) is 12.8 Å². The summed E-state index contributed by atoms with van der Waals surface area (Å²) in [6.07, 6.45) is 1.85. The summed E-state index contributed by atoms with van der Waals surface area (Å²) in [6.45, 7) is 2.00. The van der Waals surface area contributed by atoms with Crippen LogP contribution in [0.3, 0.4) is 0 Å². The average Bonchev–Trinajstić information content (AvgIpc) is 3.00. The van der Waals surface area contributed by atoms with Crippen molar-refractivity contribution >= 4 is 20.8 Å². The molecule has 1 unspecified atom stereocenters. The molecule has 0 saturated carbocycles. The lowest BCUT2D eigenvalue weighted by atomic mass is 10.1. The van der Waals surface area contributed by atoms with Gasteiger partial charge in [-0.05, 0) is 30.2 Å². The molecule has 0 spiro atoms. The molecule has 1 saturated heterocycles. The summed E-state index contributed by atoms with van der Waals surface area (Å²) >= 11 is 0. The van der Waals surface area contributed by atoms with Gasteiger partial charge in [-0.15, -0.1) is 0 Å². The quantitative estimate of drug-likeness (QED) is 0.923. The molecule has 5 heteroatoms. The molecule has 3 rings (SSSR count). The normalized spacial score (nSPS) is 19.1. The van der Waals surface area contributed by atoms with Crippen LogP contribution in [0.5, 0.6) is 0 Å². The summed E-state index contributed by atoms with van der Waals surface area (Å²) in [6, 6.07) is 12.9. The second kappa shape index (κ2) is 6.13. The number of hydrogen-bond donors (Lipinski definition) is 1. The third-order valence-corrected chi connectivity index (χ3v) is 5.43. The van der Waals surface area contributed by atoms with Gasteiger partial charge in [0.15, 0.2) is 0 Å². The van der Waals surface area contributed by atoms with E-state index in [0.29, 0.717) is 17.4 Å². The van der Waals surface area contributed by atoms with Crippen molar-refractivity contribution in [2.75, 3.05) is 19.8 Å². The van der Waals surface area contributed by atoms with Crippen LogP contribution in [0.2, 0.25) is 0 Å². The van der Waals surface area contributed by atoms with Gasteiger partial charge in [0.05, 0.1) is 4.90 Å². The van der Waals surface area contributed by atoms with Crippen molar-refractivity contribution in [1.82, 2.24) is 4.72 Å². The minimum absolute atomic E-state index is 0.350. The fourth-order valence-electron chi connectivity index (χ4n) is 2.72. The first kappa shape index (κ1) is 14.5. The van der Waals surface area contributed by atoms with Crippen LogP contribution < -0.4 is 4.72 Å². The molecular formula is C16H19NO3S. The molecule has 4 nitrogen and oxygen atoms in total. The molecule has 1 N–H and O–H groups in total. The molecular weight excluding hydrogens is 286 g/mol. The van der Waals surface area contributed by atoms with E-state index in [9.17, 15) is 8.42 Å². The zero-order valence-corrected chi connectivity index (χ0v) is 12.6. The molecule has 0 aliphatic carbocycles. The van der Waals surface area contributed by atoms with Crippen molar-refractivity contribution in [3.05, 3.63) is 42.5 Å². The van der Waals surface area contributed by atoms with E-state index in [2.05, 4.69) is 4.72 Å². The van der Waals surface area contributed by atoms with Gasteiger partial charge in [0.25, 0.3) is 0 Å². The minimum atomic E-state index is -3.47. The SMILES string of the molecule is O=S(=O)(NCCC1CCOC1)c1cccc2ccccc12. The number of benzene rings is 2. The highest BCUT2D eigenvalue weighted by Crippen LogP contribution is 2.23. The third kappa shape index (κ3) is 3.26. The van der Waals surface area contributed by atoms with E-state index in [1.807, 2.05) is 30.3 Å². The maximum Gasteiger partial charge on any atom is 0.241 e. The Morgan fingerprint density at radius 1 is 1.14 bits per heavy atom. The Hall–Kier alpha value is -1.43. The van der Waals surface area contributed by atoms with Crippen LogP contribution >= 0.6 is 0 Å². The van der Waals surface area contributed by atoms with Gasteiger partial charge in [0, 0.05) is 25.1 Å². The van der Waals surface area contributed by atoms with E-state index in [4.69, 9.17) is 4.74 Å². The monoisotopic (exact) mass is 305 g/mol. The molecule has 1 heterocycles. The summed E-state index contributed by atoms with van der Waals surface area (Å²) in [7, 11) is -3.47. The molecule has 1 aliphatic rings. The maximum absolute atomic E-state index is 12.5. The predicted molar refractivity (Wildman–Crippen MR) is 82.7 cm³/mol. The first-order valence-electron chi connectivity index (χ1n) is 7.22. The van der Waals surface area contributed by atoms with E-state index in [1.165, 1.54) is 0 Å². The number of fused-ring (bicyclic) bond motifs is 1. The Bertz CT molecular complexity index is 716. The summed E-state index contributed by atoms with van der Waals surface area (Å²) in [4.78, 5) is 0.350. The Morgan fingerprint density at radius 3 is 2.76 bits per heavy atom. The van der Waals surface area contributed by atoms with Crippen molar-refractivity contribution in [1.29, 1.82) is 0 Å². The zero-order chi connectivity index (χ0) is 14.7. The lowest BCUT2D eigenvalue weighted by molar-refractivity contribution is 0.184. The molecule has 0 amide bonds. The van der Waals surface area contributed by atoms with Gasteiger partial charge in [-0.2, -0.15) is 0 Å². The van der Waals surface area contributed by atoms with Gasteiger partial charge in [-0.1, -0.05) is 36.4 Å². The van der Waals surface area contributed by atoms with Gasteiger partial charge >= 0.3 is 0 Å². The number of sulfonamides is 1.